The summed E-state index contributed by atoms with van der Waals surface area (Å²) in [7, 11) is 0. The highest BCUT2D eigenvalue weighted by Gasteiger charge is 2.59. The van der Waals surface area contributed by atoms with Gasteiger partial charge in [-0.3, -0.25) is 4.79 Å². The molecule has 4 aliphatic carbocycles. The molecule has 8 atom stereocenters. The Balaban J connectivity index is 1.15. The first-order chi connectivity index (χ1) is 22.7. The van der Waals surface area contributed by atoms with Crippen LogP contribution >= 0.6 is 0 Å². The van der Waals surface area contributed by atoms with E-state index in [2.05, 4.69) is 84.1 Å². The zero-order valence-electron chi connectivity index (χ0n) is 31.7. The zero-order valence-corrected chi connectivity index (χ0v) is 31.7. The van der Waals surface area contributed by atoms with Gasteiger partial charge < -0.3 is 4.74 Å². The van der Waals surface area contributed by atoms with E-state index in [0.717, 1.165) is 80.5 Å². The summed E-state index contributed by atoms with van der Waals surface area (Å²) in [6.45, 7) is 14.9. The van der Waals surface area contributed by atoms with Crippen molar-refractivity contribution >= 4 is 5.97 Å². The van der Waals surface area contributed by atoms with Gasteiger partial charge in [0.2, 0.25) is 0 Å². The van der Waals surface area contributed by atoms with Gasteiger partial charge in [-0.15, -0.1) is 0 Å². The van der Waals surface area contributed by atoms with Crippen LogP contribution in [0.4, 0.5) is 0 Å². The second-order valence-electron chi connectivity index (χ2n) is 17.3. The molecular weight excluding hydrogens is 572 g/mol. The molecule has 2 nitrogen and oxygen atoms in total. The molecule has 2 heteroatoms. The molecule has 0 aromatic rings. The molecule has 266 valence electrons. The topological polar surface area (TPSA) is 26.3 Å². The summed E-state index contributed by atoms with van der Waals surface area (Å²) in [5, 5.41) is 0. The van der Waals surface area contributed by atoms with Gasteiger partial charge in [-0.25, -0.2) is 0 Å². The van der Waals surface area contributed by atoms with E-state index >= 15 is 0 Å². The monoisotopic (exact) mass is 647 g/mol. The molecule has 3 saturated carbocycles. The summed E-state index contributed by atoms with van der Waals surface area (Å²) < 4.78 is 6.10. The van der Waals surface area contributed by atoms with Crippen LogP contribution in [0.5, 0.6) is 0 Å². The van der Waals surface area contributed by atoms with Crippen LogP contribution in [0.15, 0.2) is 48.1 Å². The van der Waals surface area contributed by atoms with Crippen LogP contribution in [0.25, 0.3) is 0 Å². The lowest BCUT2D eigenvalue weighted by Gasteiger charge is -2.58. The van der Waals surface area contributed by atoms with Crippen LogP contribution in [-0.2, 0) is 9.53 Å². The second-order valence-corrected chi connectivity index (χ2v) is 17.3. The summed E-state index contributed by atoms with van der Waals surface area (Å²) in [6, 6.07) is 0. The normalized spacial score (nSPS) is 32.9. The Kier molecular flexibility index (Phi) is 15.4. The van der Waals surface area contributed by atoms with Crippen molar-refractivity contribution in [2.24, 2.45) is 46.3 Å². The average Bonchev–Trinajstić information content (AvgIpc) is 3.40. The van der Waals surface area contributed by atoms with E-state index in [1.165, 1.54) is 83.5 Å². The van der Waals surface area contributed by atoms with Crippen LogP contribution in [-0.4, -0.2) is 12.1 Å². The fraction of sp³-hybridized carbons (Fsp3) is 0.800. The number of fused-ring (bicyclic) bond motifs is 5. The predicted octanol–water partition coefficient (Wildman–Crippen LogP) is 13.5. The number of ether oxygens (including phenoxy) is 1. The van der Waals surface area contributed by atoms with Crippen LogP contribution in [0.2, 0.25) is 0 Å². The molecule has 0 spiro atoms. The molecule has 0 saturated heterocycles. The summed E-state index contributed by atoms with van der Waals surface area (Å²) >= 11 is 0. The van der Waals surface area contributed by atoms with E-state index < -0.39 is 0 Å². The smallest absolute Gasteiger partial charge is 0.306 e. The first kappa shape index (κ1) is 38.2. The number of rotatable bonds is 19. The van der Waals surface area contributed by atoms with Gasteiger partial charge in [0.25, 0.3) is 0 Å². The predicted molar refractivity (Wildman–Crippen MR) is 202 cm³/mol. The lowest BCUT2D eigenvalue weighted by molar-refractivity contribution is -0.151. The van der Waals surface area contributed by atoms with Gasteiger partial charge in [0.1, 0.15) is 6.10 Å². The number of esters is 1. The number of carbonyl (C=O) groups excluding carboxylic acids is 1. The molecule has 0 heterocycles. The van der Waals surface area contributed by atoms with E-state index in [1.54, 1.807) is 5.57 Å². The van der Waals surface area contributed by atoms with E-state index in [1.807, 2.05) is 0 Å². The summed E-state index contributed by atoms with van der Waals surface area (Å²) in [5.74, 6) is 5.25. The molecule has 4 rings (SSSR count). The lowest BCUT2D eigenvalue weighted by Crippen LogP contribution is -2.51. The van der Waals surface area contributed by atoms with Crippen LogP contribution in [0, 0.1) is 46.3 Å². The minimum absolute atomic E-state index is 0.0236. The number of allylic oxidation sites excluding steroid dienone is 7. The molecule has 0 aliphatic heterocycles. The highest BCUT2D eigenvalue weighted by atomic mass is 16.5. The largest absolute Gasteiger partial charge is 0.462 e. The van der Waals surface area contributed by atoms with Crippen molar-refractivity contribution in [2.75, 3.05) is 0 Å². The molecule has 0 radical (unpaired) electrons. The molecule has 3 fully saturated rings. The third-order valence-electron chi connectivity index (χ3n) is 13.6. The number of carbonyl (C=O) groups is 1. The van der Waals surface area contributed by atoms with Gasteiger partial charge in [-0.2, -0.15) is 0 Å². The first-order valence-electron chi connectivity index (χ1n) is 20.5. The molecular formula is C45H74O2. The molecule has 0 N–H and O–H groups in total. The van der Waals surface area contributed by atoms with Gasteiger partial charge in [0, 0.05) is 12.8 Å². The fourth-order valence-corrected chi connectivity index (χ4v) is 10.8. The molecule has 0 aromatic heterocycles. The average molecular weight is 647 g/mol. The van der Waals surface area contributed by atoms with Crippen molar-refractivity contribution in [1.29, 1.82) is 0 Å². The molecule has 4 aliphatic rings. The Bertz CT molecular complexity index is 1060. The maximum absolute atomic E-state index is 12.8. The second kappa shape index (κ2) is 19.0. The first-order valence-corrected chi connectivity index (χ1v) is 20.5. The van der Waals surface area contributed by atoms with E-state index in [-0.39, 0.29) is 12.1 Å². The van der Waals surface area contributed by atoms with Gasteiger partial charge in [0.05, 0.1) is 0 Å². The van der Waals surface area contributed by atoms with E-state index in [0.29, 0.717) is 17.3 Å². The van der Waals surface area contributed by atoms with Crippen molar-refractivity contribution in [3.05, 3.63) is 48.1 Å². The minimum Gasteiger partial charge on any atom is -0.462 e. The summed E-state index contributed by atoms with van der Waals surface area (Å²) in [6.07, 6.45) is 41.7. The Morgan fingerprint density at radius 1 is 0.830 bits per heavy atom. The lowest BCUT2D eigenvalue weighted by atomic mass is 9.47. The highest BCUT2D eigenvalue weighted by Crippen LogP contribution is 2.67. The van der Waals surface area contributed by atoms with Crippen LogP contribution in [0.1, 0.15) is 176 Å². The Morgan fingerprint density at radius 3 is 2.23 bits per heavy atom. The standard InChI is InChI=1S/C45H74O2/c1-7-8-9-10-11-12-13-14-15-16-17-18-19-20-21-25-43(46)47-38-30-32-44(5)37(34-38)26-27-39-41-29-28-40(36(4)24-22-23-35(2)3)45(41,6)33-31-42(39)44/h11-12,14-15,17-18,26,35-36,38-42H,7-10,13,16,19-25,27-34H2,1-6H3/b12-11-,15-14-,18-17-/t36-,38?,39?,40-,41?,42?,44+,45-/m1/s1. The van der Waals surface area contributed by atoms with Gasteiger partial charge in [-0.1, -0.05) is 122 Å². The van der Waals surface area contributed by atoms with Crippen molar-refractivity contribution in [1.82, 2.24) is 0 Å². The van der Waals surface area contributed by atoms with Crippen molar-refractivity contribution < 1.29 is 9.53 Å². The summed E-state index contributed by atoms with van der Waals surface area (Å²) in [4.78, 5) is 12.8. The van der Waals surface area contributed by atoms with Crippen LogP contribution in [0.3, 0.4) is 0 Å². The number of hydrogen-bond acceptors (Lipinski definition) is 2. The van der Waals surface area contributed by atoms with E-state index in [4.69, 9.17) is 4.74 Å². The van der Waals surface area contributed by atoms with Crippen molar-refractivity contribution in [2.45, 2.75) is 182 Å². The maximum atomic E-state index is 12.8. The molecule has 0 aromatic carbocycles. The Hall–Kier alpha value is -1.57. The molecule has 4 unspecified atom stereocenters. The number of hydrogen-bond donors (Lipinski definition) is 0. The summed E-state index contributed by atoms with van der Waals surface area (Å²) in [5.41, 5.74) is 2.50. The Morgan fingerprint density at radius 2 is 1.53 bits per heavy atom. The zero-order chi connectivity index (χ0) is 33.7. The van der Waals surface area contributed by atoms with Crippen LogP contribution < -0.4 is 0 Å². The fourth-order valence-electron chi connectivity index (χ4n) is 10.8. The highest BCUT2D eigenvalue weighted by molar-refractivity contribution is 5.69. The quantitative estimate of drug-likeness (QED) is 0.0793. The third-order valence-corrected chi connectivity index (χ3v) is 13.6. The molecule has 47 heavy (non-hydrogen) atoms. The molecule has 0 bridgehead atoms. The van der Waals surface area contributed by atoms with Crippen molar-refractivity contribution in [3.63, 3.8) is 0 Å². The third kappa shape index (κ3) is 10.5. The minimum atomic E-state index is 0.0236. The van der Waals surface area contributed by atoms with E-state index in [9.17, 15) is 4.79 Å². The number of unbranched alkanes of at least 4 members (excludes halogenated alkanes) is 5. The Labute approximate surface area is 291 Å². The SMILES string of the molecule is CCCCC/C=C\C/C=C\C/C=C\CCCCC(=O)OC1CC[C@@]2(C)C(=CCC3C2CC[C@@]2(C)C3CC[C@@H]2[C@H](C)CCCC(C)C)C1. The van der Waals surface area contributed by atoms with Gasteiger partial charge in [-0.05, 0) is 136 Å². The van der Waals surface area contributed by atoms with Gasteiger partial charge >= 0.3 is 5.97 Å². The van der Waals surface area contributed by atoms with Crippen molar-refractivity contribution in [3.8, 4) is 0 Å². The maximum Gasteiger partial charge on any atom is 0.306 e. The molecule has 0 amide bonds. The van der Waals surface area contributed by atoms with Gasteiger partial charge in [0.15, 0.2) is 0 Å².